The number of hydrogen-bond donors (Lipinski definition) is 3. The Bertz CT molecular complexity index is 781. The number of rotatable bonds is 6. The van der Waals surface area contributed by atoms with Gasteiger partial charge in [-0.3, -0.25) is 9.69 Å². The Kier molecular flexibility index (Phi) is 5.16. The summed E-state index contributed by atoms with van der Waals surface area (Å²) in [6.07, 6.45) is 0. The smallest absolute Gasteiger partial charge is 0.404 e. The van der Waals surface area contributed by atoms with Crippen LogP contribution in [0.2, 0.25) is 0 Å². The van der Waals surface area contributed by atoms with Crippen LogP contribution in [0.25, 0.3) is 0 Å². The van der Waals surface area contributed by atoms with Gasteiger partial charge in [-0.1, -0.05) is 30.3 Å². The van der Waals surface area contributed by atoms with Gasteiger partial charge in [-0.25, -0.2) is 9.13 Å². The van der Waals surface area contributed by atoms with E-state index in [0.717, 1.165) is 0 Å². The van der Waals surface area contributed by atoms with E-state index in [9.17, 15) is 18.8 Å². The lowest BCUT2D eigenvalue weighted by Crippen LogP contribution is -2.01. The molecule has 3 N–H and O–H groups in total. The first-order valence-electron chi connectivity index (χ1n) is 6.15. The Morgan fingerprint density at radius 1 is 0.826 bits per heavy atom. The molecule has 0 aliphatic heterocycles. The lowest BCUT2D eigenvalue weighted by molar-refractivity contribution is 0.103. The van der Waals surface area contributed by atoms with Gasteiger partial charge >= 0.3 is 15.6 Å². The standard InChI is InChI=1S/C13H12O8P2/c14-13(10-4-2-1-3-5-10)11-6-8-12(9-7-11)20-23(18,19)21-22(15,16)17/h1-9H,(H,18,19)(H2,15,16,17). The first-order chi connectivity index (χ1) is 10.7. The highest BCUT2D eigenvalue weighted by atomic mass is 31.3. The van der Waals surface area contributed by atoms with Crippen LogP contribution < -0.4 is 4.52 Å². The van der Waals surface area contributed by atoms with Gasteiger partial charge in [0.25, 0.3) is 0 Å². The van der Waals surface area contributed by atoms with E-state index < -0.39 is 15.6 Å². The van der Waals surface area contributed by atoms with Gasteiger partial charge in [-0.15, -0.1) is 0 Å². The van der Waals surface area contributed by atoms with Gasteiger partial charge in [0.15, 0.2) is 5.78 Å². The molecule has 0 radical (unpaired) electrons. The lowest BCUT2D eigenvalue weighted by atomic mass is 10.0. The van der Waals surface area contributed by atoms with Crippen LogP contribution in [0, 0.1) is 0 Å². The molecule has 8 nitrogen and oxygen atoms in total. The summed E-state index contributed by atoms with van der Waals surface area (Å²) in [4.78, 5) is 38.4. The zero-order valence-electron chi connectivity index (χ0n) is 11.5. The lowest BCUT2D eigenvalue weighted by Gasteiger charge is -2.13. The molecule has 1 atom stereocenters. The summed E-state index contributed by atoms with van der Waals surface area (Å²) < 4.78 is 30.1. The van der Waals surface area contributed by atoms with Crippen molar-refractivity contribution in [2.75, 3.05) is 0 Å². The van der Waals surface area contributed by atoms with Crippen LogP contribution in [0.3, 0.4) is 0 Å². The molecule has 0 spiro atoms. The van der Waals surface area contributed by atoms with Crippen molar-refractivity contribution in [3.05, 3.63) is 65.7 Å². The topological polar surface area (TPSA) is 130 Å². The first-order valence-corrected chi connectivity index (χ1v) is 9.18. The SMILES string of the molecule is O=C(c1ccccc1)c1ccc(OP(=O)(O)OP(=O)(O)O)cc1. The van der Waals surface area contributed by atoms with Crippen molar-refractivity contribution in [3.8, 4) is 5.75 Å². The fourth-order valence-electron chi connectivity index (χ4n) is 1.71. The molecule has 0 heterocycles. The van der Waals surface area contributed by atoms with Gasteiger partial charge in [0.05, 0.1) is 0 Å². The first kappa shape index (κ1) is 17.6. The highest BCUT2D eigenvalue weighted by Gasteiger charge is 2.33. The zero-order valence-corrected chi connectivity index (χ0v) is 13.3. The second-order valence-electron chi connectivity index (χ2n) is 4.35. The van der Waals surface area contributed by atoms with E-state index in [1.54, 1.807) is 30.3 Å². The van der Waals surface area contributed by atoms with Crippen molar-refractivity contribution in [2.24, 2.45) is 0 Å². The summed E-state index contributed by atoms with van der Waals surface area (Å²) in [5, 5.41) is 0. The highest BCUT2D eigenvalue weighted by Crippen LogP contribution is 2.57. The maximum Gasteiger partial charge on any atom is 0.536 e. The Morgan fingerprint density at radius 2 is 1.35 bits per heavy atom. The van der Waals surface area contributed by atoms with Gasteiger partial charge in [0, 0.05) is 11.1 Å². The molecule has 10 heteroatoms. The zero-order chi connectivity index (χ0) is 17.1. The van der Waals surface area contributed by atoms with Crippen LogP contribution in [-0.4, -0.2) is 20.5 Å². The van der Waals surface area contributed by atoms with Gasteiger partial charge in [0.1, 0.15) is 5.75 Å². The molecule has 0 saturated carbocycles. The number of benzene rings is 2. The monoisotopic (exact) mass is 358 g/mol. The fraction of sp³-hybridized carbons (Fsp3) is 0. The van der Waals surface area contributed by atoms with Crippen molar-refractivity contribution < 1.29 is 37.4 Å². The van der Waals surface area contributed by atoms with Gasteiger partial charge in [-0.2, -0.15) is 4.31 Å². The Labute approximate surface area is 131 Å². The summed E-state index contributed by atoms with van der Waals surface area (Å²) >= 11 is 0. The molecular formula is C13H12O8P2. The largest absolute Gasteiger partial charge is 0.536 e. The molecule has 0 amide bonds. The summed E-state index contributed by atoms with van der Waals surface area (Å²) in [6.45, 7) is 0. The van der Waals surface area contributed by atoms with E-state index in [4.69, 9.17) is 9.79 Å². The third kappa shape index (κ3) is 5.41. The van der Waals surface area contributed by atoms with Crippen LogP contribution in [0.4, 0.5) is 0 Å². The fourth-order valence-corrected chi connectivity index (χ4v) is 3.30. The average Bonchev–Trinajstić information content (AvgIpc) is 2.45. The number of ketones is 1. The average molecular weight is 358 g/mol. The van der Waals surface area contributed by atoms with Crippen molar-refractivity contribution in [3.63, 3.8) is 0 Å². The highest BCUT2D eigenvalue weighted by molar-refractivity contribution is 7.60. The third-order valence-electron chi connectivity index (χ3n) is 2.58. The van der Waals surface area contributed by atoms with Crippen LogP contribution in [0.15, 0.2) is 54.6 Å². The molecule has 23 heavy (non-hydrogen) atoms. The quantitative estimate of drug-likeness (QED) is 0.530. The maximum atomic E-state index is 12.2. The van der Waals surface area contributed by atoms with E-state index in [1.807, 2.05) is 0 Å². The number of hydrogen-bond acceptors (Lipinski definition) is 5. The molecule has 0 aromatic heterocycles. The second kappa shape index (κ2) is 6.76. The van der Waals surface area contributed by atoms with Crippen molar-refractivity contribution in [1.29, 1.82) is 0 Å². The number of carbonyl (C=O) groups excluding carboxylic acids is 1. The number of phosphoric acid groups is 2. The van der Waals surface area contributed by atoms with E-state index in [0.29, 0.717) is 11.1 Å². The molecule has 0 bridgehead atoms. The summed E-state index contributed by atoms with van der Waals surface area (Å²) in [5.74, 6) is -0.440. The molecule has 122 valence electrons. The molecular weight excluding hydrogens is 346 g/mol. The van der Waals surface area contributed by atoms with Crippen LogP contribution in [0.1, 0.15) is 15.9 Å². The van der Waals surface area contributed by atoms with Crippen molar-refractivity contribution >= 4 is 21.4 Å². The van der Waals surface area contributed by atoms with E-state index in [2.05, 4.69) is 8.83 Å². The van der Waals surface area contributed by atoms with Crippen LogP contribution in [-0.2, 0) is 13.4 Å². The molecule has 1 unspecified atom stereocenters. The van der Waals surface area contributed by atoms with Gasteiger partial charge < -0.3 is 14.3 Å². The summed E-state index contributed by atoms with van der Waals surface area (Å²) in [7, 11) is -10.2. The maximum absolute atomic E-state index is 12.2. The predicted molar refractivity (Wildman–Crippen MR) is 79.9 cm³/mol. The Morgan fingerprint density at radius 3 is 1.87 bits per heavy atom. The van der Waals surface area contributed by atoms with Gasteiger partial charge in [0.2, 0.25) is 0 Å². The van der Waals surface area contributed by atoms with Crippen LogP contribution >= 0.6 is 15.6 Å². The minimum atomic E-state index is -5.18. The minimum Gasteiger partial charge on any atom is -0.404 e. The van der Waals surface area contributed by atoms with E-state index in [1.165, 1.54) is 24.3 Å². The molecule has 2 rings (SSSR count). The molecule has 2 aromatic rings. The van der Waals surface area contributed by atoms with Crippen molar-refractivity contribution in [2.45, 2.75) is 0 Å². The molecule has 0 saturated heterocycles. The number of phosphoric ester groups is 1. The Balaban J connectivity index is 2.13. The second-order valence-corrected chi connectivity index (χ2v) is 7.11. The van der Waals surface area contributed by atoms with Crippen molar-refractivity contribution in [1.82, 2.24) is 0 Å². The molecule has 0 fully saturated rings. The molecule has 2 aromatic carbocycles. The number of carbonyl (C=O) groups is 1. The summed E-state index contributed by atoms with van der Waals surface area (Å²) in [6, 6.07) is 13.6. The van der Waals surface area contributed by atoms with Gasteiger partial charge in [-0.05, 0) is 24.3 Å². The van der Waals surface area contributed by atoms with E-state index >= 15 is 0 Å². The summed E-state index contributed by atoms with van der Waals surface area (Å²) in [5.41, 5.74) is 0.783. The van der Waals surface area contributed by atoms with Crippen LogP contribution in [0.5, 0.6) is 5.75 Å². The predicted octanol–water partition coefficient (Wildman–Crippen LogP) is 2.51. The van der Waals surface area contributed by atoms with E-state index in [-0.39, 0.29) is 11.5 Å². The molecule has 0 aliphatic rings. The minimum absolute atomic E-state index is 0.186. The third-order valence-corrected chi connectivity index (χ3v) is 4.70. The molecule has 0 aliphatic carbocycles. The Hall–Kier alpha value is -1.79. The normalized spacial score (nSPS) is 14.0.